The van der Waals surface area contributed by atoms with Gasteiger partial charge in [0.1, 0.15) is 18.2 Å². The van der Waals surface area contributed by atoms with E-state index in [1.54, 1.807) is 45.2 Å². The monoisotopic (exact) mass is 367 g/mol. The van der Waals surface area contributed by atoms with Crippen LogP contribution in [0, 0.1) is 12.7 Å². The Hall–Kier alpha value is -1.96. The van der Waals surface area contributed by atoms with Crippen molar-refractivity contribution in [1.29, 1.82) is 0 Å². The molecule has 0 aliphatic rings. The van der Waals surface area contributed by atoms with Crippen molar-refractivity contribution in [2.75, 3.05) is 20.3 Å². The fourth-order valence-corrected chi connectivity index (χ4v) is 3.68. The summed E-state index contributed by atoms with van der Waals surface area (Å²) in [5.74, 6) is 0.147. The van der Waals surface area contributed by atoms with Crippen LogP contribution in [0.5, 0.6) is 5.75 Å². The van der Waals surface area contributed by atoms with Crippen LogP contribution in [-0.2, 0) is 14.8 Å². The maximum Gasteiger partial charge on any atom is 0.241 e. The van der Waals surface area contributed by atoms with Crippen molar-refractivity contribution < 1.29 is 22.3 Å². The number of benzene rings is 2. The molecule has 0 spiro atoms. The highest BCUT2D eigenvalue weighted by Crippen LogP contribution is 2.24. The molecule has 2 rings (SSSR count). The minimum Gasteiger partial charge on any atom is -0.491 e. The molecular formula is C18H22FNO4S. The van der Waals surface area contributed by atoms with Crippen LogP contribution >= 0.6 is 0 Å². The Morgan fingerprint density at radius 2 is 1.88 bits per heavy atom. The van der Waals surface area contributed by atoms with E-state index < -0.39 is 21.9 Å². The van der Waals surface area contributed by atoms with Gasteiger partial charge < -0.3 is 9.47 Å². The number of methoxy groups -OCH3 is 1. The summed E-state index contributed by atoms with van der Waals surface area (Å²) >= 11 is 0. The van der Waals surface area contributed by atoms with Crippen LogP contribution in [0.3, 0.4) is 0 Å². The van der Waals surface area contributed by atoms with Gasteiger partial charge in [-0.15, -0.1) is 0 Å². The van der Waals surface area contributed by atoms with Crippen LogP contribution in [0.1, 0.15) is 24.1 Å². The summed E-state index contributed by atoms with van der Waals surface area (Å²) in [7, 11) is -2.21. The van der Waals surface area contributed by atoms with Gasteiger partial charge in [-0.25, -0.2) is 17.5 Å². The number of nitrogens with one attached hydrogen (secondary N) is 1. The van der Waals surface area contributed by atoms with E-state index in [1.807, 2.05) is 0 Å². The zero-order valence-electron chi connectivity index (χ0n) is 14.5. The van der Waals surface area contributed by atoms with Crippen LogP contribution in [0.15, 0.2) is 47.4 Å². The fraction of sp³-hybridized carbons (Fsp3) is 0.333. The first-order chi connectivity index (χ1) is 11.8. The van der Waals surface area contributed by atoms with E-state index in [1.165, 1.54) is 18.2 Å². The maximum absolute atomic E-state index is 13.8. The molecular weight excluding hydrogens is 345 g/mol. The lowest BCUT2D eigenvalue weighted by Gasteiger charge is -2.16. The van der Waals surface area contributed by atoms with Crippen LogP contribution < -0.4 is 9.46 Å². The molecule has 0 amide bonds. The molecule has 0 fully saturated rings. The first kappa shape index (κ1) is 19.4. The zero-order valence-corrected chi connectivity index (χ0v) is 15.3. The van der Waals surface area contributed by atoms with Crippen LogP contribution in [0.2, 0.25) is 0 Å². The maximum atomic E-state index is 13.8. The van der Waals surface area contributed by atoms with Gasteiger partial charge in [-0.2, -0.15) is 0 Å². The first-order valence-electron chi connectivity index (χ1n) is 7.84. The van der Waals surface area contributed by atoms with Gasteiger partial charge in [0, 0.05) is 18.7 Å². The summed E-state index contributed by atoms with van der Waals surface area (Å²) < 4.78 is 51.9. The molecule has 1 N–H and O–H groups in total. The molecule has 1 unspecified atom stereocenters. The summed E-state index contributed by atoms with van der Waals surface area (Å²) in [6.07, 6.45) is 0. The number of sulfonamides is 1. The second kappa shape index (κ2) is 8.42. The lowest BCUT2D eigenvalue weighted by atomic mass is 10.1. The van der Waals surface area contributed by atoms with Gasteiger partial charge in [0.25, 0.3) is 0 Å². The van der Waals surface area contributed by atoms with Crippen molar-refractivity contribution in [3.05, 3.63) is 59.4 Å². The summed E-state index contributed by atoms with van der Waals surface area (Å²) in [6.45, 7) is 4.19. The molecule has 0 aliphatic heterocycles. The standard InChI is InChI=1S/C18H22FNO4S/c1-13-12-15(8-9-18(13)24-11-10-23-3)25(21,22)20-14(2)16-6-4-5-7-17(16)19/h4-9,12,14,20H,10-11H2,1-3H3. The third-order valence-electron chi connectivity index (χ3n) is 3.71. The van der Waals surface area contributed by atoms with Gasteiger partial charge in [0.05, 0.1) is 11.5 Å². The average Bonchev–Trinajstić information content (AvgIpc) is 2.56. The van der Waals surface area contributed by atoms with E-state index in [4.69, 9.17) is 9.47 Å². The second-order valence-corrected chi connectivity index (χ2v) is 7.35. The largest absolute Gasteiger partial charge is 0.491 e. The molecule has 7 heteroatoms. The van der Waals surface area contributed by atoms with Crippen molar-refractivity contribution in [2.45, 2.75) is 24.8 Å². The lowest BCUT2D eigenvalue weighted by Crippen LogP contribution is -2.27. The van der Waals surface area contributed by atoms with Crippen molar-refractivity contribution >= 4 is 10.0 Å². The second-order valence-electron chi connectivity index (χ2n) is 5.63. The van der Waals surface area contributed by atoms with Gasteiger partial charge in [-0.3, -0.25) is 0 Å². The van der Waals surface area contributed by atoms with E-state index >= 15 is 0 Å². The third kappa shape index (κ3) is 5.01. The minimum atomic E-state index is -3.79. The zero-order chi connectivity index (χ0) is 18.4. The molecule has 0 aromatic heterocycles. The van der Waals surface area contributed by atoms with Gasteiger partial charge >= 0.3 is 0 Å². The molecule has 2 aromatic rings. The highest BCUT2D eigenvalue weighted by Gasteiger charge is 2.21. The minimum absolute atomic E-state index is 0.104. The molecule has 0 bridgehead atoms. The summed E-state index contributed by atoms with van der Waals surface area (Å²) in [4.78, 5) is 0.104. The third-order valence-corrected chi connectivity index (χ3v) is 5.24. The van der Waals surface area contributed by atoms with Gasteiger partial charge in [0.2, 0.25) is 10.0 Å². The van der Waals surface area contributed by atoms with Crippen LogP contribution in [0.25, 0.3) is 0 Å². The lowest BCUT2D eigenvalue weighted by molar-refractivity contribution is 0.146. The van der Waals surface area contributed by atoms with Gasteiger partial charge in [-0.1, -0.05) is 18.2 Å². The smallest absolute Gasteiger partial charge is 0.241 e. The number of halogens is 1. The van der Waals surface area contributed by atoms with Crippen molar-refractivity contribution in [3.8, 4) is 5.75 Å². The highest BCUT2D eigenvalue weighted by molar-refractivity contribution is 7.89. The van der Waals surface area contributed by atoms with Crippen molar-refractivity contribution in [2.24, 2.45) is 0 Å². The van der Waals surface area contributed by atoms with Crippen LogP contribution in [-0.4, -0.2) is 28.7 Å². The Morgan fingerprint density at radius 1 is 1.16 bits per heavy atom. The normalized spacial score (nSPS) is 12.8. The number of aryl methyl sites for hydroxylation is 1. The highest BCUT2D eigenvalue weighted by atomic mass is 32.2. The number of ether oxygens (including phenoxy) is 2. The summed E-state index contributed by atoms with van der Waals surface area (Å²) in [5, 5.41) is 0. The van der Waals surface area contributed by atoms with Crippen LogP contribution in [0.4, 0.5) is 4.39 Å². The fourth-order valence-electron chi connectivity index (χ4n) is 2.38. The van der Waals surface area contributed by atoms with E-state index in [0.29, 0.717) is 30.1 Å². The molecule has 0 saturated carbocycles. The number of hydrogen-bond donors (Lipinski definition) is 1. The Balaban J connectivity index is 2.16. The Labute approximate surface area is 147 Å². The summed E-state index contributed by atoms with van der Waals surface area (Å²) in [5.41, 5.74) is 0.986. The van der Waals surface area contributed by atoms with E-state index in [2.05, 4.69) is 4.72 Å². The number of rotatable bonds is 8. The van der Waals surface area contributed by atoms with E-state index in [9.17, 15) is 12.8 Å². The quantitative estimate of drug-likeness (QED) is 0.728. The van der Waals surface area contributed by atoms with Crippen molar-refractivity contribution in [3.63, 3.8) is 0 Å². The molecule has 0 saturated heterocycles. The Kier molecular flexibility index (Phi) is 6.52. The predicted molar refractivity (Wildman–Crippen MR) is 93.7 cm³/mol. The SMILES string of the molecule is COCCOc1ccc(S(=O)(=O)NC(C)c2ccccc2F)cc1C. The van der Waals surface area contributed by atoms with Gasteiger partial charge in [-0.05, 0) is 43.7 Å². The molecule has 136 valence electrons. The first-order valence-corrected chi connectivity index (χ1v) is 9.32. The van der Waals surface area contributed by atoms with Crippen molar-refractivity contribution in [1.82, 2.24) is 4.72 Å². The molecule has 25 heavy (non-hydrogen) atoms. The molecule has 5 nitrogen and oxygen atoms in total. The molecule has 2 aromatic carbocycles. The van der Waals surface area contributed by atoms with E-state index in [-0.39, 0.29) is 4.90 Å². The average molecular weight is 367 g/mol. The topological polar surface area (TPSA) is 64.6 Å². The Morgan fingerprint density at radius 3 is 2.52 bits per heavy atom. The van der Waals surface area contributed by atoms with E-state index in [0.717, 1.165) is 0 Å². The predicted octanol–water partition coefficient (Wildman–Crippen LogP) is 3.20. The Bertz CT molecular complexity index is 824. The summed E-state index contributed by atoms with van der Waals surface area (Å²) in [6, 6.07) is 9.99. The number of hydrogen-bond acceptors (Lipinski definition) is 4. The molecule has 0 aliphatic carbocycles. The molecule has 0 heterocycles. The molecule has 1 atom stereocenters. The van der Waals surface area contributed by atoms with Gasteiger partial charge in [0.15, 0.2) is 0 Å². The molecule has 0 radical (unpaired) electrons.